The maximum Gasteiger partial charge on any atom is 0.265 e. The van der Waals surface area contributed by atoms with E-state index in [1.165, 1.54) is 0 Å². The quantitative estimate of drug-likeness (QED) is 0.911. The van der Waals surface area contributed by atoms with Gasteiger partial charge in [-0.3, -0.25) is 4.79 Å². The summed E-state index contributed by atoms with van der Waals surface area (Å²) in [5.74, 6) is 0.430. The first kappa shape index (κ1) is 15.4. The van der Waals surface area contributed by atoms with Crippen LogP contribution < -0.4 is 10.1 Å². The SMILES string of the molecule is Cc1ccc(NC(=O)[C@H](C)Oc2ccc(Cl)cc2)c(C)c1. The van der Waals surface area contributed by atoms with Crippen LogP contribution in [0.5, 0.6) is 5.75 Å². The molecule has 0 unspecified atom stereocenters. The van der Waals surface area contributed by atoms with Crippen LogP contribution in [0.1, 0.15) is 18.1 Å². The van der Waals surface area contributed by atoms with E-state index in [-0.39, 0.29) is 5.91 Å². The van der Waals surface area contributed by atoms with Gasteiger partial charge in [-0.1, -0.05) is 29.3 Å². The van der Waals surface area contributed by atoms with Crippen LogP contribution in [-0.2, 0) is 4.79 Å². The first-order chi connectivity index (χ1) is 9.95. The van der Waals surface area contributed by atoms with Crippen LogP contribution in [0.25, 0.3) is 0 Å². The van der Waals surface area contributed by atoms with Crippen molar-refractivity contribution in [3.05, 3.63) is 58.6 Å². The number of ether oxygens (including phenoxy) is 1. The molecule has 4 heteroatoms. The summed E-state index contributed by atoms with van der Waals surface area (Å²) in [6.45, 7) is 5.70. The molecule has 0 bridgehead atoms. The smallest absolute Gasteiger partial charge is 0.265 e. The summed E-state index contributed by atoms with van der Waals surface area (Å²) in [5.41, 5.74) is 3.00. The fourth-order valence-electron chi connectivity index (χ4n) is 1.96. The van der Waals surface area contributed by atoms with Gasteiger partial charge in [0.15, 0.2) is 6.10 Å². The number of halogens is 1. The Labute approximate surface area is 129 Å². The number of rotatable bonds is 4. The van der Waals surface area contributed by atoms with E-state index in [9.17, 15) is 4.79 Å². The maximum atomic E-state index is 12.2. The summed E-state index contributed by atoms with van der Waals surface area (Å²) < 4.78 is 5.60. The highest BCUT2D eigenvalue weighted by molar-refractivity contribution is 6.30. The summed E-state index contributed by atoms with van der Waals surface area (Å²) in [5, 5.41) is 3.51. The first-order valence-electron chi connectivity index (χ1n) is 6.76. The third kappa shape index (κ3) is 4.23. The number of carbonyl (C=O) groups excluding carboxylic acids is 1. The summed E-state index contributed by atoms with van der Waals surface area (Å²) >= 11 is 5.81. The Kier molecular flexibility index (Phi) is 4.86. The van der Waals surface area contributed by atoms with Crippen LogP contribution in [0.15, 0.2) is 42.5 Å². The third-order valence-corrected chi connectivity index (χ3v) is 3.39. The minimum atomic E-state index is -0.591. The van der Waals surface area contributed by atoms with E-state index < -0.39 is 6.10 Å². The average molecular weight is 304 g/mol. The van der Waals surface area contributed by atoms with Gasteiger partial charge in [0.1, 0.15) is 5.75 Å². The molecule has 2 aromatic carbocycles. The van der Waals surface area contributed by atoms with Crippen molar-refractivity contribution in [1.82, 2.24) is 0 Å². The molecule has 2 aromatic rings. The molecule has 0 saturated carbocycles. The fraction of sp³-hybridized carbons (Fsp3) is 0.235. The molecule has 0 aromatic heterocycles. The van der Waals surface area contributed by atoms with Gasteiger partial charge in [0.2, 0.25) is 0 Å². The molecule has 0 aliphatic carbocycles. The van der Waals surface area contributed by atoms with Crippen molar-refractivity contribution in [2.45, 2.75) is 26.9 Å². The van der Waals surface area contributed by atoms with Crippen molar-refractivity contribution in [2.24, 2.45) is 0 Å². The number of anilines is 1. The number of aryl methyl sites for hydroxylation is 2. The van der Waals surface area contributed by atoms with Gasteiger partial charge in [0.05, 0.1) is 0 Å². The van der Waals surface area contributed by atoms with Crippen LogP contribution in [-0.4, -0.2) is 12.0 Å². The van der Waals surface area contributed by atoms with Crippen molar-refractivity contribution < 1.29 is 9.53 Å². The number of carbonyl (C=O) groups is 1. The first-order valence-corrected chi connectivity index (χ1v) is 7.14. The van der Waals surface area contributed by atoms with Gasteiger partial charge in [-0.15, -0.1) is 0 Å². The second kappa shape index (κ2) is 6.64. The maximum absolute atomic E-state index is 12.2. The Balaban J connectivity index is 2.00. The lowest BCUT2D eigenvalue weighted by atomic mass is 10.1. The van der Waals surface area contributed by atoms with Gasteiger partial charge in [-0.2, -0.15) is 0 Å². The lowest BCUT2D eigenvalue weighted by Crippen LogP contribution is -2.30. The molecular formula is C17H18ClNO2. The number of nitrogens with one attached hydrogen (secondary N) is 1. The van der Waals surface area contributed by atoms with Crippen molar-refractivity contribution in [3.8, 4) is 5.75 Å². The van der Waals surface area contributed by atoms with Crippen molar-refractivity contribution in [1.29, 1.82) is 0 Å². The van der Waals surface area contributed by atoms with Crippen LogP contribution in [0.3, 0.4) is 0 Å². The normalized spacial score (nSPS) is 11.8. The highest BCUT2D eigenvalue weighted by Gasteiger charge is 2.15. The molecule has 0 fully saturated rings. The predicted molar refractivity (Wildman–Crippen MR) is 86.1 cm³/mol. The Morgan fingerprint density at radius 1 is 1.14 bits per heavy atom. The topological polar surface area (TPSA) is 38.3 Å². The molecule has 0 aliphatic heterocycles. The predicted octanol–water partition coefficient (Wildman–Crippen LogP) is 4.36. The summed E-state index contributed by atoms with van der Waals surface area (Å²) in [4.78, 5) is 12.2. The zero-order chi connectivity index (χ0) is 15.4. The Bertz CT molecular complexity index is 638. The molecule has 21 heavy (non-hydrogen) atoms. The lowest BCUT2D eigenvalue weighted by molar-refractivity contribution is -0.122. The van der Waals surface area contributed by atoms with Crippen molar-refractivity contribution >= 4 is 23.2 Å². The molecule has 0 heterocycles. The van der Waals surface area contributed by atoms with E-state index >= 15 is 0 Å². The molecule has 110 valence electrons. The Morgan fingerprint density at radius 3 is 2.43 bits per heavy atom. The van der Waals surface area contributed by atoms with Crippen LogP contribution >= 0.6 is 11.6 Å². The van der Waals surface area contributed by atoms with Gasteiger partial charge in [-0.05, 0) is 56.7 Å². The molecule has 0 aliphatic rings. The molecule has 0 radical (unpaired) electrons. The molecule has 0 saturated heterocycles. The molecule has 1 N–H and O–H groups in total. The van der Waals surface area contributed by atoms with Crippen LogP contribution in [0, 0.1) is 13.8 Å². The van der Waals surface area contributed by atoms with Gasteiger partial charge in [-0.25, -0.2) is 0 Å². The van der Waals surface area contributed by atoms with E-state index in [1.54, 1.807) is 31.2 Å². The summed E-state index contributed by atoms with van der Waals surface area (Å²) in [6.07, 6.45) is -0.591. The monoisotopic (exact) mass is 303 g/mol. The zero-order valence-electron chi connectivity index (χ0n) is 12.3. The highest BCUT2D eigenvalue weighted by Crippen LogP contribution is 2.19. The third-order valence-electron chi connectivity index (χ3n) is 3.14. The van der Waals surface area contributed by atoms with E-state index in [4.69, 9.17) is 16.3 Å². The Hall–Kier alpha value is -2.00. The molecule has 3 nitrogen and oxygen atoms in total. The minimum absolute atomic E-state index is 0.183. The number of benzene rings is 2. The van der Waals surface area contributed by atoms with Gasteiger partial charge in [0.25, 0.3) is 5.91 Å². The van der Waals surface area contributed by atoms with Gasteiger partial charge >= 0.3 is 0 Å². The molecule has 1 amide bonds. The number of hydrogen-bond donors (Lipinski definition) is 1. The summed E-state index contributed by atoms with van der Waals surface area (Å²) in [6, 6.07) is 12.8. The standard InChI is InChI=1S/C17H18ClNO2/c1-11-4-9-16(12(2)10-11)19-17(20)13(3)21-15-7-5-14(18)6-8-15/h4-10,13H,1-3H3,(H,19,20)/t13-/m0/s1. The van der Waals surface area contributed by atoms with Crippen molar-refractivity contribution in [3.63, 3.8) is 0 Å². The fourth-order valence-corrected chi connectivity index (χ4v) is 2.09. The highest BCUT2D eigenvalue weighted by atomic mass is 35.5. The molecule has 1 atom stereocenters. The van der Waals surface area contributed by atoms with E-state index in [2.05, 4.69) is 5.32 Å². The Morgan fingerprint density at radius 2 is 1.81 bits per heavy atom. The second-order valence-corrected chi connectivity index (χ2v) is 5.46. The summed E-state index contributed by atoms with van der Waals surface area (Å²) in [7, 11) is 0. The molecular weight excluding hydrogens is 286 g/mol. The van der Waals surface area contributed by atoms with Gasteiger partial charge < -0.3 is 10.1 Å². The van der Waals surface area contributed by atoms with Crippen LogP contribution in [0.4, 0.5) is 5.69 Å². The minimum Gasteiger partial charge on any atom is -0.481 e. The van der Waals surface area contributed by atoms with E-state index in [1.807, 2.05) is 32.0 Å². The molecule has 0 spiro atoms. The molecule has 2 rings (SSSR count). The average Bonchev–Trinajstić information content (AvgIpc) is 2.44. The number of hydrogen-bond acceptors (Lipinski definition) is 2. The van der Waals surface area contributed by atoms with Crippen molar-refractivity contribution in [2.75, 3.05) is 5.32 Å². The zero-order valence-corrected chi connectivity index (χ0v) is 13.1. The van der Waals surface area contributed by atoms with E-state index in [0.717, 1.165) is 16.8 Å². The lowest BCUT2D eigenvalue weighted by Gasteiger charge is -2.16. The van der Waals surface area contributed by atoms with Gasteiger partial charge in [0, 0.05) is 10.7 Å². The number of amides is 1. The largest absolute Gasteiger partial charge is 0.481 e. The van der Waals surface area contributed by atoms with Crippen LogP contribution in [0.2, 0.25) is 5.02 Å². The second-order valence-electron chi connectivity index (χ2n) is 5.02. The van der Waals surface area contributed by atoms with E-state index in [0.29, 0.717) is 10.8 Å².